The van der Waals surface area contributed by atoms with Gasteiger partial charge < -0.3 is 15.0 Å². The van der Waals surface area contributed by atoms with Gasteiger partial charge in [0.1, 0.15) is 0 Å². The van der Waals surface area contributed by atoms with E-state index < -0.39 is 14.6 Å². The van der Waals surface area contributed by atoms with Gasteiger partial charge in [-0.1, -0.05) is 29.8 Å². The topological polar surface area (TPSA) is 71.0 Å². The van der Waals surface area contributed by atoms with Crippen molar-refractivity contribution in [3.63, 3.8) is 0 Å². The van der Waals surface area contributed by atoms with Crippen molar-refractivity contribution in [1.82, 2.24) is 10.2 Å². The molecular weight excluding hydrogens is 489 g/mol. The van der Waals surface area contributed by atoms with Gasteiger partial charge in [0.25, 0.3) is 0 Å². The standard InChI is InChI=1S/C17H26ClN3O3S.HI/c1-19-16(21(2)12-14-6-4-5-7-15(14)18)20-13-17(25(3,22)23)8-10-24-11-9-17;/h4-7H,8-13H2,1-3H3,(H,19,20);1H. The van der Waals surface area contributed by atoms with Gasteiger partial charge in [0.15, 0.2) is 15.8 Å². The summed E-state index contributed by atoms with van der Waals surface area (Å²) in [6.45, 7) is 1.81. The first-order valence-electron chi connectivity index (χ1n) is 8.22. The number of benzene rings is 1. The van der Waals surface area contributed by atoms with Crippen molar-refractivity contribution in [2.24, 2.45) is 4.99 Å². The van der Waals surface area contributed by atoms with Crippen LogP contribution in [0.2, 0.25) is 5.02 Å². The summed E-state index contributed by atoms with van der Waals surface area (Å²) < 4.78 is 29.2. The third-order valence-electron chi connectivity index (χ3n) is 4.70. The first kappa shape index (κ1) is 23.5. The van der Waals surface area contributed by atoms with Crippen LogP contribution in [0.5, 0.6) is 0 Å². The van der Waals surface area contributed by atoms with Gasteiger partial charge in [0, 0.05) is 51.7 Å². The quantitative estimate of drug-likeness (QED) is 0.371. The van der Waals surface area contributed by atoms with E-state index in [2.05, 4.69) is 10.3 Å². The molecule has 1 saturated heterocycles. The molecule has 0 bridgehead atoms. The molecule has 1 aromatic carbocycles. The van der Waals surface area contributed by atoms with Gasteiger partial charge in [-0.2, -0.15) is 0 Å². The number of rotatable bonds is 5. The predicted molar refractivity (Wildman–Crippen MR) is 117 cm³/mol. The summed E-state index contributed by atoms with van der Waals surface area (Å²) in [7, 11) is 0.362. The van der Waals surface area contributed by atoms with Crippen LogP contribution in [0.3, 0.4) is 0 Å². The fourth-order valence-electron chi connectivity index (χ4n) is 3.00. The normalized spacial score (nSPS) is 17.3. The number of hydrogen-bond acceptors (Lipinski definition) is 4. The van der Waals surface area contributed by atoms with E-state index in [4.69, 9.17) is 16.3 Å². The second-order valence-electron chi connectivity index (χ2n) is 6.42. The molecule has 1 N–H and O–H groups in total. The van der Waals surface area contributed by atoms with E-state index in [1.54, 1.807) is 7.05 Å². The minimum Gasteiger partial charge on any atom is -0.381 e. The van der Waals surface area contributed by atoms with Crippen LogP contribution in [-0.2, 0) is 21.1 Å². The molecule has 0 aliphatic carbocycles. The van der Waals surface area contributed by atoms with E-state index in [9.17, 15) is 8.42 Å². The second-order valence-corrected chi connectivity index (χ2v) is 9.23. The van der Waals surface area contributed by atoms with Crippen LogP contribution in [0, 0.1) is 0 Å². The highest BCUT2D eigenvalue weighted by Crippen LogP contribution is 2.28. The van der Waals surface area contributed by atoms with Crippen molar-refractivity contribution < 1.29 is 13.2 Å². The molecule has 6 nitrogen and oxygen atoms in total. The van der Waals surface area contributed by atoms with Crippen molar-refractivity contribution in [1.29, 1.82) is 0 Å². The molecule has 0 saturated carbocycles. The monoisotopic (exact) mass is 515 g/mol. The summed E-state index contributed by atoms with van der Waals surface area (Å²) >= 11 is 6.22. The molecule has 0 spiro atoms. The minimum atomic E-state index is -3.22. The Morgan fingerprint density at radius 1 is 1.35 bits per heavy atom. The number of halogens is 2. The van der Waals surface area contributed by atoms with E-state index in [-0.39, 0.29) is 24.0 Å². The number of guanidine groups is 1. The van der Waals surface area contributed by atoms with Crippen LogP contribution in [-0.4, -0.2) is 64.1 Å². The molecule has 0 unspecified atom stereocenters. The van der Waals surface area contributed by atoms with Crippen LogP contribution < -0.4 is 5.32 Å². The fraction of sp³-hybridized carbons (Fsp3) is 0.588. The molecule has 0 amide bonds. The maximum atomic E-state index is 12.3. The molecule has 9 heteroatoms. The van der Waals surface area contributed by atoms with E-state index in [1.807, 2.05) is 36.2 Å². The zero-order valence-electron chi connectivity index (χ0n) is 15.4. The molecule has 26 heavy (non-hydrogen) atoms. The summed E-state index contributed by atoms with van der Waals surface area (Å²) in [5.41, 5.74) is 0.985. The maximum absolute atomic E-state index is 12.3. The highest BCUT2D eigenvalue weighted by Gasteiger charge is 2.42. The lowest BCUT2D eigenvalue weighted by Crippen LogP contribution is -2.53. The number of ether oxygens (including phenoxy) is 1. The molecule has 0 atom stereocenters. The third kappa shape index (κ3) is 5.71. The number of sulfone groups is 1. The largest absolute Gasteiger partial charge is 0.381 e. The highest BCUT2D eigenvalue weighted by atomic mass is 127. The van der Waals surface area contributed by atoms with Crippen molar-refractivity contribution in [3.8, 4) is 0 Å². The lowest BCUT2D eigenvalue weighted by atomic mass is 9.99. The Kier molecular flexibility index (Phi) is 9.11. The van der Waals surface area contributed by atoms with Gasteiger partial charge in [-0.3, -0.25) is 4.99 Å². The van der Waals surface area contributed by atoms with Crippen LogP contribution in [0.1, 0.15) is 18.4 Å². The summed E-state index contributed by atoms with van der Waals surface area (Å²) in [6.07, 6.45) is 2.28. The Labute approximate surface area is 178 Å². The molecule has 1 heterocycles. The molecule has 1 fully saturated rings. The second kappa shape index (κ2) is 10.1. The number of nitrogens with one attached hydrogen (secondary N) is 1. The Bertz CT molecular complexity index is 722. The van der Waals surface area contributed by atoms with Gasteiger partial charge >= 0.3 is 0 Å². The van der Waals surface area contributed by atoms with E-state index in [1.165, 1.54) is 6.26 Å². The zero-order chi connectivity index (χ0) is 18.5. The average Bonchev–Trinajstić information content (AvgIpc) is 2.57. The van der Waals surface area contributed by atoms with Gasteiger partial charge in [-0.25, -0.2) is 8.42 Å². The maximum Gasteiger partial charge on any atom is 0.193 e. The number of aliphatic imine (C=N–C) groups is 1. The van der Waals surface area contributed by atoms with Crippen LogP contribution >= 0.6 is 35.6 Å². The van der Waals surface area contributed by atoms with Crippen molar-refractivity contribution in [2.45, 2.75) is 24.1 Å². The lowest BCUT2D eigenvalue weighted by Gasteiger charge is -2.36. The molecular formula is C17H27ClIN3O3S. The van der Waals surface area contributed by atoms with Crippen molar-refractivity contribution in [2.75, 3.05) is 40.1 Å². The highest BCUT2D eigenvalue weighted by molar-refractivity contribution is 14.0. The van der Waals surface area contributed by atoms with Gasteiger partial charge in [0.2, 0.25) is 0 Å². The molecule has 0 radical (unpaired) electrons. The van der Waals surface area contributed by atoms with E-state index in [0.29, 0.717) is 50.1 Å². The van der Waals surface area contributed by atoms with E-state index >= 15 is 0 Å². The lowest BCUT2D eigenvalue weighted by molar-refractivity contribution is 0.0755. The summed E-state index contributed by atoms with van der Waals surface area (Å²) in [5.74, 6) is 0.634. The molecule has 2 rings (SSSR count). The zero-order valence-corrected chi connectivity index (χ0v) is 19.3. The summed E-state index contributed by atoms with van der Waals surface area (Å²) in [5, 5.41) is 3.92. The third-order valence-corrected chi connectivity index (χ3v) is 7.19. The van der Waals surface area contributed by atoms with Crippen LogP contribution in [0.4, 0.5) is 0 Å². The molecule has 1 aliphatic rings. The Morgan fingerprint density at radius 2 is 1.96 bits per heavy atom. The van der Waals surface area contributed by atoms with Crippen LogP contribution in [0.15, 0.2) is 29.3 Å². The minimum absolute atomic E-state index is 0. The molecule has 1 aromatic rings. The SMILES string of the molecule is CN=C(NCC1(S(C)(=O)=O)CCOCC1)N(C)Cc1ccccc1Cl.I. The van der Waals surface area contributed by atoms with Gasteiger partial charge in [0.05, 0.1) is 4.75 Å². The summed E-state index contributed by atoms with van der Waals surface area (Å²) in [6, 6.07) is 7.63. The first-order valence-corrected chi connectivity index (χ1v) is 10.5. The predicted octanol–water partition coefficient (Wildman–Crippen LogP) is 2.56. The Balaban J connectivity index is 0.00000338. The Hall–Kier alpha value is -0.580. The summed E-state index contributed by atoms with van der Waals surface area (Å²) in [4.78, 5) is 6.20. The number of nitrogens with zero attached hydrogens (tertiary/aromatic N) is 2. The van der Waals surface area contributed by atoms with Crippen LogP contribution in [0.25, 0.3) is 0 Å². The number of hydrogen-bond donors (Lipinski definition) is 1. The Morgan fingerprint density at radius 3 is 2.50 bits per heavy atom. The smallest absolute Gasteiger partial charge is 0.193 e. The van der Waals surface area contributed by atoms with Gasteiger partial charge in [-0.05, 0) is 24.5 Å². The molecule has 1 aliphatic heterocycles. The fourth-order valence-corrected chi connectivity index (χ4v) is 4.44. The van der Waals surface area contributed by atoms with Gasteiger partial charge in [-0.15, -0.1) is 24.0 Å². The van der Waals surface area contributed by atoms with Crippen molar-refractivity contribution >= 4 is 51.4 Å². The van der Waals surface area contributed by atoms with E-state index in [0.717, 1.165) is 5.56 Å². The first-order chi connectivity index (χ1) is 11.8. The molecule has 148 valence electrons. The average molecular weight is 516 g/mol. The molecule has 0 aromatic heterocycles. The van der Waals surface area contributed by atoms with Crippen molar-refractivity contribution in [3.05, 3.63) is 34.9 Å².